The van der Waals surface area contributed by atoms with E-state index in [1.807, 2.05) is 17.4 Å². The molecule has 2 aromatic carbocycles. The molecule has 2 N–H and O–H groups in total. The summed E-state index contributed by atoms with van der Waals surface area (Å²) >= 11 is 1.84. The molecule has 4 aromatic rings. The zero-order chi connectivity index (χ0) is 23.0. The van der Waals surface area contributed by atoms with E-state index in [0.717, 1.165) is 43.7 Å². The van der Waals surface area contributed by atoms with Gasteiger partial charge in [0.1, 0.15) is 5.82 Å². The molecule has 0 spiro atoms. The molecule has 5 rings (SSSR count). The molecule has 1 unspecified atom stereocenters. The maximum Gasteiger partial charge on any atom is 0.238 e. The van der Waals surface area contributed by atoms with E-state index in [-0.39, 0.29) is 10.9 Å². The van der Waals surface area contributed by atoms with E-state index < -0.39 is 10.0 Å². The summed E-state index contributed by atoms with van der Waals surface area (Å²) in [6.45, 7) is 4.67. The molecule has 1 atom stereocenters. The highest BCUT2D eigenvalue weighted by atomic mass is 32.2. The van der Waals surface area contributed by atoms with Crippen LogP contribution in [-0.4, -0.2) is 29.4 Å². The lowest BCUT2D eigenvalue weighted by molar-refractivity contribution is 0.198. The summed E-state index contributed by atoms with van der Waals surface area (Å²) in [5.74, 6) is 0.963. The number of hydrogen-bond donors (Lipinski definition) is 1. The minimum Gasteiger partial charge on any atom is -0.327 e. The van der Waals surface area contributed by atoms with Gasteiger partial charge in [0.05, 0.1) is 28.5 Å². The van der Waals surface area contributed by atoms with Crippen molar-refractivity contribution in [3.8, 4) is 0 Å². The van der Waals surface area contributed by atoms with Gasteiger partial charge in [0.15, 0.2) is 0 Å². The van der Waals surface area contributed by atoms with Gasteiger partial charge in [-0.3, -0.25) is 4.90 Å². The summed E-state index contributed by atoms with van der Waals surface area (Å²) in [7, 11) is -3.77. The van der Waals surface area contributed by atoms with Gasteiger partial charge >= 0.3 is 0 Å². The topological polar surface area (TPSA) is 81.2 Å². The van der Waals surface area contributed by atoms with E-state index in [1.54, 1.807) is 12.1 Å². The average Bonchev–Trinajstić information content (AvgIpc) is 3.41. The van der Waals surface area contributed by atoms with Crippen molar-refractivity contribution in [1.29, 1.82) is 0 Å². The largest absolute Gasteiger partial charge is 0.327 e. The summed E-state index contributed by atoms with van der Waals surface area (Å²) in [6.07, 6.45) is 3.14. The zero-order valence-corrected chi connectivity index (χ0v) is 20.3. The molecule has 0 saturated carbocycles. The van der Waals surface area contributed by atoms with Crippen LogP contribution in [0.15, 0.2) is 64.9 Å². The highest BCUT2D eigenvalue weighted by molar-refractivity contribution is 7.89. The molecule has 33 heavy (non-hydrogen) atoms. The fraction of sp³-hybridized carbons (Fsp3) is 0.320. The number of imidazole rings is 1. The molecule has 1 aliphatic heterocycles. The molecule has 2 aromatic heterocycles. The number of fused-ring (bicyclic) bond motifs is 2. The van der Waals surface area contributed by atoms with Crippen molar-refractivity contribution in [1.82, 2.24) is 14.5 Å². The van der Waals surface area contributed by atoms with E-state index in [0.29, 0.717) is 12.1 Å². The Morgan fingerprint density at radius 1 is 1.15 bits per heavy atom. The molecular weight excluding hydrogens is 452 g/mol. The molecule has 3 heterocycles. The van der Waals surface area contributed by atoms with Gasteiger partial charge in [-0.1, -0.05) is 43.7 Å². The van der Waals surface area contributed by atoms with Crippen LogP contribution in [0.2, 0.25) is 0 Å². The summed E-state index contributed by atoms with van der Waals surface area (Å²) in [5, 5.41) is 7.56. The van der Waals surface area contributed by atoms with Crippen molar-refractivity contribution in [3.63, 3.8) is 0 Å². The van der Waals surface area contributed by atoms with Gasteiger partial charge < -0.3 is 4.57 Å². The minimum absolute atomic E-state index is 0.102. The van der Waals surface area contributed by atoms with Gasteiger partial charge in [0.2, 0.25) is 10.0 Å². The van der Waals surface area contributed by atoms with E-state index in [2.05, 4.69) is 58.2 Å². The van der Waals surface area contributed by atoms with Crippen molar-refractivity contribution in [2.45, 2.75) is 50.2 Å². The van der Waals surface area contributed by atoms with Crippen LogP contribution in [0.4, 0.5) is 0 Å². The van der Waals surface area contributed by atoms with Crippen LogP contribution in [0.5, 0.6) is 0 Å². The number of thiophene rings is 1. The molecule has 6 nitrogen and oxygen atoms in total. The van der Waals surface area contributed by atoms with E-state index in [1.165, 1.54) is 16.0 Å². The molecule has 0 radical (unpaired) electrons. The van der Waals surface area contributed by atoms with Crippen LogP contribution < -0.4 is 5.14 Å². The lowest BCUT2D eigenvalue weighted by Gasteiger charge is -2.36. The Labute approximate surface area is 198 Å². The van der Waals surface area contributed by atoms with Gasteiger partial charge in [0, 0.05) is 18.0 Å². The minimum atomic E-state index is -3.77. The molecular formula is C25H28N4O2S2. The first kappa shape index (κ1) is 22.3. The van der Waals surface area contributed by atoms with E-state index >= 15 is 0 Å². The standard InChI is InChI=1S/C25H28N4O2S2/c1-2-3-13-29-22-10-9-19(33(26,30)31)16-21(22)27-24(29)17-28-14-11-23-20(12-15-32-23)25(28)18-7-5-4-6-8-18/h4-10,12,15-16,25H,2-3,11,13-14,17H2,1H3,(H2,26,30,31). The molecule has 0 fully saturated rings. The highest BCUT2D eigenvalue weighted by Crippen LogP contribution is 2.38. The Morgan fingerprint density at radius 3 is 2.73 bits per heavy atom. The van der Waals surface area contributed by atoms with Crippen molar-refractivity contribution in [2.24, 2.45) is 5.14 Å². The number of aryl methyl sites for hydroxylation is 1. The number of rotatable bonds is 7. The Balaban J connectivity index is 1.57. The first-order valence-electron chi connectivity index (χ1n) is 11.3. The zero-order valence-electron chi connectivity index (χ0n) is 18.6. The molecule has 8 heteroatoms. The molecule has 0 saturated heterocycles. The van der Waals surface area contributed by atoms with Gasteiger partial charge in [0.25, 0.3) is 0 Å². The smallest absolute Gasteiger partial charge is 0.238 e. The number of unbranched alkanes of at least 4 members (excludes halogenated alkanes) is 1. The first-order valence-corrected chi connectivity index (χ1v) is 13.8. The summed E-state index contributed by atoms with van der Waals surface area (Å²) in [5.41, 5.74) is 4.29. The van der Waals surface area contributed by atoms with Crippen LogP contribution in [0, 0.1) is 0 Å². The quantitative estimate of drug-likeness (QED) is 0.416. The normalized spacial score (nSPS) is 16.8. The third-order valence-electron chi connectivity index (χ3n) is 6.39. The lowest BCUT2D eigenvalue weighted by Crippen LogP contribution is -2.35. The maximum absolute atomic E-state index is 11.9. The monoisotopic (exact) mass is 480 g/mol. The molecule has 172 valence electrons. The second-order valence-electron chi connectivity index (χ2n) is 8.56. The fourth-order valence-electron chi connectivity index (χ4n) is 4.77. The number of aromatic nitrogens is 2. The van der Waals surface area contributed by atoms with Gasteiger partial charge in [-0.25, -0.2) is 18.5 Å². The fourth-order valence-corrected chi connectivity index (χ4v) is 6.21. The number of benzene rings is 2. The number of nitrogens with zero attached hydrogens (tertiary/aromatic N) is 3. The molecule has 1 aliphatic rings. The van der Waals surface area contributed by atoms with Crippen molar-refractivity contribution < 1.29 is 8.42 Å². The van der Waals surface area contributed by atoms with Gasteiger partial charge in [-0.05, 0) is 53.6 Å². The average molecular weight is 481 g/mol. The van der Waals surface area contributed by atoms with E-state index in [4.69, 9.17) is 10.1 Å². The predicted molar refractivity (Wildman–Crippen MR) is 133 cm³/mol. The number of nitrogens with two attached hydrogens (primary N) is 1. The summed E-state index contributed by atoms with van der Waals surface area (Å²) in [4.78, 5) is 8.96. The van der Waals surface area contributed by atoms with Crippen molar-refractivity contribution in [3.05, 3.63) is 81.8 Å². The third kappa shape index (κ3) is 4.36. The second kappa shape index (κ2) is 9.02. The van der Waals surface area contributed by atoms with Crippen LogP contribution in [-0.2, 0) is 29.5 Å². The first-order chi connectivity index (χ1) is 16.0. The Morgan fingerprint density at radius 2 is 1.97 bits per heavy atom. The van der Waals surface area contributed by atoms with Crippen LogP contribution in [0.1, 0.15) is 47.6 Å². The Kier molecular flexibility index (Phi) is 6.09. The van der Waals surface area contributed by atoms with Crippen LogP contribution in [0.25, 0.3) is 11.0 Å². The molecule has 0 aliphatic carbocycles. The number of sulfonamides is 1. The van der Waals surface area contributed by atoms with E-state index in [9.17, 15) is 8.42 Å². The predicted octanol–water partition coefficient (Wildman–Crippen LogP) is 4.69. The highest BCUT2D eigenvalue weighted by Gasteiger charge is 2.30. The lowest BCUT2D eigenvalue weighted by atomic mass is 9.93. The van der Waals surface area contributed by atoms with Crippen LogP contribution in [0.3, 0.4) is 0 Å². The number of hydrogen-bond acceptors (Lipinski definition) is 5. The maximum atomic E-state index is 11.9. The SMILES string of the molecule is CCCCn1c(CN2CCc3sccc3C2c2ccccc2)nc2cc(S(N)(=O)=O)ccc21. The summed E-state index contributed by atoms with van der Waals surface area (Å²) in [6, 6.07) is 18.1. The molecule has 0 amide bonds. The van der Waals surface area contributed by atoms with Crippen molar-refractivity contribution in [2.75, 3.05) is 6.54 Å². The third-order valence-corrected chi connectivity index (χ3v) is 8.30. The molecule has 0 bridgehead atoms. The number of primary sulfonamides is 1. The second-order valence-corrected chi connectivity index (χ2v) is 11.1. The van der Waals surface area contributed by atoms with Crippen molar-refractivity contribution >= 4 is 32.4 Å². The summed E-state index contributed by atoms with van der Waals surface area (Å²) < 4.78 is 26.0. The Hall–Kier alpha value is -2.52. The van der Waals surface area contributed by atoms with Gasteiger partial charge in [-0.15, -0.1) is 11.3 Å². The van der Waals surface area contributed by atoms with Crippen LogP contribution >= 0.6 is 11.3 Å². The van der Waals surface area contributed by atoms with Gasteiger partial charge in [-0.2, -0.15) is 0 Å². The Bertz CT molecular complexity index is 1380.